The summed E-state index contributed by atoms with van der Waals surface area (Å²) in [4.78, 5) is 0. The second kappa shape index (κ2) is 6.74. The molecule has 1 atom stereocenters. The van der Waals surface area contributed by atoms with E-state index in [1.165, 1.54) is 0 Å². The third kappa shape index (κ3) is 5.30. The SMILES string of the molecule is CCCC(CN)NS(=O)(=O)Cc1ccccc1. The van der Waals surface area contributed by atoms with Gasteiger partial charge in [0.15, 0.2) is 0 Å². The van der Waals surface area contributed by atoms with Gasteiger partial charge in [-0.1, -0.05) is 43.7 Å². The van der Waals surface area contributed by atoms with Crippen LogP contribution >= 0.6 is 0 Å². The first-order valence-electron chi connectivity index (χ1n) is 5.81. The summed E-state index contributed by atoms with van der Waals surface area (Å²) < 4.78 is 26.4. The van der Waals surface area contributed by atoms with E-state index in [0.29, 0.717) is 6.54 Å². The average molecular weight is 256 g/mol. The summed E-state index contributed by atoms with van der Waals surface area (Å²) in [5.74, 6) is 0.00799. The molecule has 0 aliphatic carbocycles. The molecule has 0 amide bonds. The molecular weight excluding hydrogens is 236 g/mol. The molecule has 17 heavy (non-hydrogen) atoms. The van der Waals surface area contributed by atoms with Gasteiger partial charge in [0.2, 0.25) is 10.0 Å². The summed E-state index contributed by atoms with van der Waals surface area (Å²) >= 11 is 0. The molecule has 4 nitrogen and oxygen atoms in total. The fourth-order valence-corrected chi connectivity index (χ4v) is 3.10. The molecule has 1 aromatic rings. The van der Waals surface area contributed by atoms with Crippen molar-refractivity contribution in [2.24, 2.45) is 5.73 Å². The van der Waals surface area contributed by atoms with Crippen LogP contribution in [0.2, 0.25) is 0 Å². The topological polar surface area (TPSA) is 72.2 Å². The van der Waals surface area contributed by atoms with E-state index in [-0.39, 0.29) is 11.8 Å². The molecule has 96 valence electrons. The molecule has 3 N–H and O–H groups in total. The average Bonchev–Trinajstić information content (AvgIpc) is 2.29. The van der Waals surface area contributed by atoms with Crippen molar-refractivity contribution in [2.75, 3.05) is 6.54 Å². The van der Waals surface area contributed by atoms with Crippen LogP contribution in [-0.4, -0.2) is 21.0 Å². The normalized spacial score (nSPS) is 13.5. The van der Waals surface area contributed by atoms with Crippen molar-refractivity contribution < 1.29 is 8.42 Å². The monoisotopic (exact) mass is 256 g/mol. The van der Waals surface area contributed by atoms with E-state index in [2.05, 4.69) is 4.72 Å². The number of rotatable bonds is 7. The third-order valence-electron chi connectivity index (χ3n) is 2.47. The lowest BCUT2D eigenvalue weighted by Gasteiger charge is -2.16. The van der Waals surface area contributed by atoms with Gasteiger partial charge in [0.25, 0.3) is 0 Å². The van der Waals surface area contributed by atoms with Gasteiger partial charge in [-0.3, -0.25) is 0 Å². The van der Waals surface area contributed by atoms with Gasteiger partial charge in [0.05, 0.1) is 5.75 Å². The van der Waals surface area contributed by atoms with Crippen LogP contribution in [0.5, 0.6) is 0 Å². The first kappa shape index (κ1) is 14.2. The lowest BCUT2D eigenvalue weighted by atomic mass is 10.2. The minimum Gasteiger partial charge on any atom is -0.329 e. The van der Waals surface area contributed by atoms with Crippen LogP contribution in [0.1, 0.15) is 25.3 Å². The Kier molecular flexibility index (Phi) is 5.61. The molecule has 0 heterocycles. The van der Waals surface area contributed by atoms with E-state index in [9.17, 15) is 8.42 Å². The zero-order valence-electron chi connectivity index (χ0n) is 10.1. The molecule has 0 bridgehead atoms. The largest absolute Gasteiger partial charge is 0.329 e. The molecule has 0 fully saturated rings. The van der Waals surface area contributed by atoms with Gasteiger partial charge in [0.1, 0.15) is 0 Å². The van der Waals surface area contributed by atoms with Crippen LogP contribution in [0.15, 0.2) is 30.3 Å². The Morgan fingerprint density at radius 3 is 2.47 bits per heavy atom. The van der Waals surface area contributed by atoms with E-state index < -0.39 is 10.0 Å². The van der Waals surface area contributed by atoms with Crippen LogP contribution in [0.25, 0.3) is 0 Å². The molecule has 0 aliphatic rings. The van der Waals surface area contributed by atoms with Gasteiger partial charge in [-0.15, -0.1) is 0 Å². The quantitative estimate of drug-likeness (QED) is 0.771. The lowest BCUT2D eigenvalue weighted by molar-refractivity contribution is 0.526. The van der Waals surface area contributed by atoms with E-state index in [4.69, 9.17) is 5.73 Å². The zero-order valence-corrected chi connectivity index (χ0v) is 10.9. The molecule has 1 unspecified atom stereocenters. The molecule has 1 rings (SSSR count). The van der Waals surface area contributed by atoms with Gasteiger partial charge in [-0.2, -0.15) is 0 Å². The Labute approximate surface area is 103 Å². The van der Waals surface area contributed by atoms with Crippen molar-refractivity contribution in [3.8, 4) is 0 Å². The summed E-state index contributed by atoms with van der Waals surface area (Å²) in [5, 5.41) is 0. The van der Waals surface area contributed by atoms with Crippen LogP contribution in [0.4, 0.5) is 0 Å². The fraction of sp³-hybridized carbons (Fsp3) is 0.500. The summed E-state index contributed by atoms with van der Waals surface area (Å²) in [5.41, 5.74) is 6.32. The second-order valence-corrected chi connectivity index (χ2v) is 5.84. The molecule has 0 spiro atoms. The Morgan fingerprint density at radius 1 is 1.29 bits per heavy atom. The fourth-order valence-electron chi connectivity index (χ4n) is 1.66. The summed E-state index contributed by atoms with van der Waals surface area (Å²) in [6.07, 6.45) is 1.68. The molecule has 0 saturated carbocycles. The highest BCUT2D eigenvalue weighted by atomic mass is 32.2. The van der Waals surface area contributed by atoms with Gasteiger partial charge < -0.3 is 5.73 Å². The van der Waals surface area contributed by atoms with Crippen molar-refractivity contribution in [3.63, 3.8) is 0 Å². The van der Waals surface area contributed by atoms with Crippen LogP contribution < -0.4 is 10.5 Å². The molecule has 0 radical (unpaired) electrons. The Hall–Kier alpha value is -0.910. The van der Waals surface area contributed by atoms with Crippen LogP contribution in [-0.2, 0) is 15.8 Å². The summed E-state index contributed by atoms with van der Waals surface area (Å²) in [6.45, 7) is 2.34. The first-order chi connectivity index (χ1) is 8.07. The maximum atomic E-state index is 11.9. The number of hydrogen-bond donors (Lipinski definition) is 2. The molecule has 0 saturated heterocycles. The maximum Gasteiger partial charge on any atom is 0.216 e. The smallest absolute Gasteiger partial charge is 0.216 e. The van der Waals surface area contributed by atoms with Gasteiger partial charge in [-0.05, 0) is 12.0 Å². The molecule has 1 aromatic carbocycles. The number of nitrogens with two attached hydrogens (primary N) is 1. The van der Waals surface area contributed by atoms with Gasteiger partial charge in [0, 0.05) is 12.6 Å². The van der Waals surface area contributed by atoms with Crippen LogP contribution in [0, 0.1) is 0 Å². The van der Waals surface area contributed by atoms with Crippen molar-refractivity contribution in [3.05, 3.63) is 35.9 Å². The molecular formula is C12H20N2O2S. The van der Waals surface area contributed by atoms with Crippen molar-refractivity contribution in [1.82, 2.24) is 4.72 Å². The van der Waals surface area contributed by atoms with Crippen molar-refractivity contribution in [2.45, 2.75) is 31.6 Å². The summed E-state index contributed by atoms with van der Waals surface area (Å²) in [6, 6.07) is 8.97. The molecule has 0 aliphatic heterocycles. The predicted molar refractivity (Wildman–Crippen MR) is 70.0 cm³/mol. The van der Waals surface area contributed by atoms with Crippen molar-refractivity contribution in [1.29, 1.82) is 0 Å². The van der Waals surface area contributed by atoms with Crippen LogP contribution in [0.3, 0.4) is 0 Å². The standard InChI is InChI=1S/C12H20N2O2S/c1-2-6-12(9-13)14-17(15,16)10-11-7-4-3-5-8-11/h3-5,7-8,12,14H,2,6,9-10,13H2,1H3. The van der Waals surface area contributed by atoms with E-state index in [0.717, 1.165) is 18.4 Å². The minimum atomic E-state index is -3.30. The highest BCUT2D eigenvalue weighted by molar-refractivity contribution is 7.88. The first-order valence-corrected chi connectivity index (χ1v) is 7.46. The second-order valence-electron chi connectivity index (χ2n) is 4.08. The van der Waals surface area contributed by atoms with Crippen molar-refractivity contribution >= 4 is 10.0 Å². The lowest BCUT2D eigenvalue weighted by Crippen LogP contribution is -2.40. The predicted octanol–water partition coefficient (Wildman–Crippen LogP) is 1.23. The third-order valence-corrected chi connectivity index (χ3v) is 3.87. The highest BCUT2D eigenvalue weighted by Gasteiger charge is 2.16. The maximum absolute atomic E-state index is 11.9. The minimum absolute atomic E-state index is 0.00799. The van der Waals surface area contributed by atoms with E-state index in [1.54, 1.807) is 12.1 Å². The van der Waals surface area contributed by atoms with E-state index >= 15 is 0 Å². The Morgan fingerprint density at radius 2 is 1.94 bits per heavy atom. The number of benzene rings is 1. The Balaban J connectivity index is 2.63. The van der Waals surface area contributed by atoms with E-state index in [1.807, 2.05) is 25.1 Å². The van der Waals surface area contributed by atoms with Gasteiger partial charge >= 0.3 is 0 Å². The highest BCUT2D eigenvalue weighted by Crippen LogP contribution is 2.06. The zero-order chi connectivity index (χ0) is 12.7. The van der Waals surface area contributed by atoms with Gasteiger partial charge in [-0.25, -0.2) is 13.1 Å². The summed E-state index contributed by atoms with van der Waals surface area (Å²) in [7, 11) is -3.30. The number of hydrogen-bond acceptors (Lipinski definition) is 3. The Bertz CT molecular complexity index is 417. The molecule has 0 aromatic heterocycles. The molecule has 5 heteroatoms. The number of sulfonamides is 1. The number of nitrogens with one attached hydrogen (secondary N) is 1.